The molecule has 17 heavy (non-hydrogen) atoms. The number of alkyl halides is 2. The summed E-state index contributed by atoms with van der Waals surface area (Å²) < 4.78 is 25.9. The van der Waals surface area contributed by atoms with Crippen LogP contribution in [0.1, 0.15) is 46.0 Å². The minimum Gasteiger partial charge on any atom is -0.349 e. The van der Waals surface area contributed by atoms with Gasteiger partial charge in [0.1, 0.15) is 0 Å². The maximum absolute atomic E-state index is 13.0. The topological polar surface area (TPSA) is 55.1 Å². The predicted octanol–water partition coefficient (Wildman–Crippen LogP) is 2.06. The summed E-state index contributed by atoms with van der Waals surface area (Å²) in [4.78, 5) is 11.9. The van der Waals surface area contributed by atoms with Crippen LogP contribution in [0.15, 0.2) is 0 Å². The van der Waals surface area contributed by atoms with E-state index in [2.05, 4.69) is 5.32 Å². The molecule has 0 bridgehead atoms. The van der Waals surface area contributed by atoms with Gasteiger partial charge in [0.05, 0.1) is 0 Å². The number of nitrogens with one attached hydrogen (secondary N) is 1. The molecule has 100 valence electrons. The van der Waals surface area contributed by atoms with Crippen LogP contribution in [-0.4, -0.2) is 23.9 Å². The third-order valence-corrected chi connectivity index (χ3v) is 3.74. The van der Waals surface area contributed by atoms with Crippen molar-refractivity contribution in [3.63, 3.8) is 0 Å². The van der Waals surface area contributed by atoms with Crippen LogP contribution < -0.4 is 11.1 Å². The van der Waals surface area contributed by atoms with E-state index in [1.807, 2.05) is 13.8 Å². The summed E-state index contributed by atoms with van der Waals surface area (Å²) in [5.41, 5.74) is 5.18. The molecule has 0 aromatic rings. The number of carbonyl (C=O) groups excluding carboxylic acids is 1. The molecule has 3 N–H and O–H groups in total. The van der Waals surface area contributed by atoms with Gasteiger partial charge in [-0.05, 0) is 26.2 Å². The van der Waals surface area contributed by atoms with Crippen molar-refractivity contribution in [1.29, 1.82) is 0 Å². The van der Waals surface area contributed by atoms with Gasteiger partial charge < -0.3 is 11.1 Å². The summed E-state index contributed by atoms with van der Waals surface area (Å²) in [5, 5.41) is 2.88. The normalized spacial score (nSPS) is 24.1. The maximum Gasteiger partial charge on any atom is 0.248 e. The third-order valence-electron chi connectivity index (χ3n) is 3.74. The zero-order valence-electron chi connectivity index (χ0n) is 10.6. The Morgan fingerprint density at radius 2 is 2.00 bits per heavy atom. The average Bonchev–Trinajstić information content (AvgIpc) is 2.28. The number of hydrogen-bond acceptors (Lipinski definition) is 2. The van der Waals surface area contributed by atoms with Gasteiger partial charge >= 0.3 is 0 Å². The Bertz CT molecular complexity index is 268. The highest BCUT2D eigenvalue weighted by Gasteiger charge is 2.38. The molecule has 0 aliphatic heterocycles. The molecule has 1 aliphatic carbocycles. The van der Waals surface area contributed by atoms with Gasteiger partial charge in [-0.3, -0.25) is 4.79 Å². The molecule has 1 unspecified atom stereocenters. The number of hydrogen-bond donors (Lipinski definition) is 2. The van der Waals surface area contributed by atoms with E-state index in [-0.39, 0.29) is 37.5 Å². The third kappa shape index (κ3) is 3.91. The Labute approximate surface area is 101 Å². The predicted molar refractivity (Wildman–Crippen MR) is 62.8 cm³/mol. The van der Waals surface area contributed by atoms with Crippen molar-refractivity contribution < 1.29 is 13.6 Å². The van der Waals surface area contributed by atoms with Crippen molar-refractivity contribution >= 4 is 5.91 Å². The summed E-state index contributed by atoms with van der Waals surface area (Å²) in [7, 11) is 0. The van der Waals surface area contributed by atoms with Crippen molar-refractivity contribution in [3.05, 3.63) is 0 Å². The fourth-order valence-corrected chi connectivity index (χ4v) is 1.99. The average molecular weight is 248 g/mol. The molecular weight excluding hydrogens is 226 g/mol. The first kappa shape index (κ1) is 14.4. The molecule has 0 aromatic heterocycles. The molecule has 1 fully saturated rings. The second kappa shape index (κ2) is 5.29. The van der Waals surface area contributed by atoms with Gasteiger partial charge in [0.15, 0.2) is 0 Å². The second-order valence-electron chi connectivity index (χ2n) is 5.24. The van der Waals surface area contributed by atoms with Crippen LogP contribution in [0.5, 0.6) is 0 Å². The monoisotopic (exact) mass is 248 g/mol. The zero-order valence-corrected chi connectivity index (χ0v) is 10.6. The molecule has 0 saturated heterocycles. The zero-order chi connectivity index (χ0) is 13.1. The number of rotatable bonds is 4. The summed E-state index contributed by atoms with van der Waals surface area (Å²) in [6.45, 7) is 4.18. The van der Waals surface area contributed by atoms with Gasteiger partial charge in [-0.25, -0.2) is 8.78 Å². The van der Waals surface area contributed by atoms with Gasteiger partial charge in [-0.1, -0.05) is 6.92 Å². The molecule has 1 rings (SSSR count). The number of carbonyl (C=O) groups is 1. The van der Waals surface area contributed by atoms with Crippen LogP contribution in [-0.2, 0) is 4.79 Å². The summed E-state index contributed by atoms with van der Waals surface area (Å²) >= 11 is 0. The van der Waals surface area contributed by atoms with Gasteiger partial charge in [-0.2, -0.15) is 0 Å². The van der Waals surface area contributed by atoms with Crippen molar-refractivity contribution in [2.45, 2.75) is 57.4 Å². The van der Waals surface area contributed by atoms with E-state index in [1.54, 1.807) is 0 Å². The molecule has 0 heterocycles. The minimum absolute atomic E-state index is 0.129. The standard InChI is InChI=1S/C12H22F2N2O/c1-3-11(2,8-15)16-10(17)9-4-6-12(13,14)7-5-9/h9H,3-8,15H2,1-2H3,(H,16,17). The van der Waals surface area contributed by atoms with Gasteiger partial charge in [-0.15, -0.1) is 0 Å². The lowest BCUT2D eigenvalue weighted by atomic mass is 9.85. The highest BCUT2D eigenvalue weighted by atomic mass is 19.3. The highest BCUT2D eigenvalue weighted by molar-refractivity contribution is 5.79. The van der Waals surface area contributed by atoms with E-state index >= 15 is 0 Å². The Hall–Kier alpha value is -0.710. The highest BCUT2D eigenvalue weighted by Crippen LogP contribution is 2.36. The van der Waals surface area contributed by atoms with E-state index in [4.69, 9.17) is 5.73 Å². The SMILES string of the molecule is CCC(C)(CN)NC(=O)C1CCC(F)(F)CC1. The van der Waals surface area contributed by atoms with Crippen molar-refractivity contribution in [2.75, 3.05) is 6.54 Å². The molecule has 1 saturated carbocycles. The van der Waals surface area contributed by atoms with Gasteiger partial charge in [0.2, 0.25) is 11.8 Å². The molecule has 0 aromatic carbocycles. The van der Waals surface area contributed by atoms with Gasteiger partial charge in [0, 0.05) is 30.8 Å². The fourth-order valence-electron chi connectivity index (χ4n) is 1.99. The van der Waals surface area contributed by atoms with Crippen LogP contribution in [0.4, 0.5) is 8.78 Å². The summed E-state index contributed by atoms with van der Waals surface area (Å²) in [6.07, 6.45) is 0.900. The van der Waals surface area contributed by atoms with E-state index in [0.717, 1.165) is 6.42 Å². The van der Waals surface area contributed by atoms with E-state index in [0.29, 0.717) is 6.54 Å². The molecule has 0 spiro atoms. The van der Waals surface area contributed by atoms with Crippen LogP contribution >= 0.6 is 0 Å². The Morgan fingerprint density at radius 1 is 1.47 bits per heavy atom. The van der Waals surface area contributed by atoms with E-state index in [9.17, 15) is 13.6 Å². The van der Waals surface area contributed by atoms with Crippen LogP contribution in [0.3, 0.4) is 0 Å². The molecule has 3 nitrogen and oxygen atoms in total. The molecule has 1 amide bonds. The smallest absolute Gasteiger partial charge is 0.248 e. The van der Waals surface area contributed by atoms with Crippen LogP contribution in [0, 0.1) is 5.92 Å². The molecule has 0 radical (unpaired) electrons. The first-order valence-corrected chi connectivity index (χ1v) is 6.22. The largest absolute Gasteiger partial charge is 0.349 e. The quantitative estimate of drug-likeness (QED) is 0.800. The first-order valence-electron chi connectivity index (χ1n) is 6.22. The number of nitrogens with two attached hydrogens (primary N) is 1. The molecular formula is C12H22F2N2O. The molecule has 1 aliphatic rings. The van der Waals surface area contributed by atoms with Crippen LogP contribution in [0.2, 0.25) is 0 Å². The molecule has 5 heteroatoms. The maximum atomic E-state index is 13.0. The second-order valence-corrected chi connectivity index (χ2v) is 5.24. The lowest BCUT2D eigenvalue weighted by Gasteiger charge is -2.33. The summed E-state index contributed by atoms with van der Waals surface area (Å²) in [6, 6.07) is 0. The minimum atomic E-state index is -2.58. The van der Waals surface area contributed by atoms with Crippen molar-refractivity contribution in [2.24, 2.45) is 11.7 Å². The van der Waals surface area contributed by atoms with E-state index in [1.165, 1.54) is 0 Å². The lowest BCUT2D eigenvalue weighted by molar-refractivity contribution is -0.130. The van der Waals surface area contributed by atoms with E-state index < -0.39 is 11.5 Å². The number of halogens is 2. The van der Waals surface area contributed by atoms with Gasteiger partial charge in [0.25, 0.3) is 0 Å². The summed E-state index contributed by atoms with van der Waals surface area (Å²) in [5.74, 6) is -3.00. The Kier molecular flexibility index (Phi) is 4.47. The Balaban J connectivity index is 2.50. The van der Waals surface area contributed by atoms with Crippen LogP contribution in [0.25, 0.3) is 0 Å². The first-order chi connectivity index (χ1) is 7.82. The Morgan fingerprint density at radius 3 is 2.41 bits per heavy atom. The number of amides is 1. The lowest BCUT2D eigenvalue weighted by Crippen LogP contribution is -2.53. The van der Waals surface area contributed by atoms with Crippen molar-refractivity contribution in [3.8, 4) is 0 Å². The van der Waals surface area contributed by atoms with Crippen molar-refractivity contribution in [1.82, 2.24) is 5.32 Å². The molecule has 1 atom stereocenters. The fraction of sp³-hybridized carbons (Fsp3) is 0.917.